The zero-order chi connectivity index (χ0) is 21.5. The number of amides is 2. The maximum atomic E-state index is 12.7. The van der Waals surface area contributed by atoms with Crippen LogP contribution >= 0.6 is 23.4 Å². The van der Waals surface area contributed by atoms with E-state index in [2.05, 4.69) is 4.98 Å². The quantitative estimate of drug-likeness (QED) is 0.514. The van der Waals surface area contributed by atoms with E-state index in [0.717, 1.165) is 16.7 Å². The summed E-state index contributed by atoms with van der Waals surface area (Å²) in [6.07, 6.45) is 1.57. The fourth-order valence-corrected chi connectivity index (χ4v) is 4.81. The van der Waals surface area contributed by atoms with Crippen LogP contribution in [-0.4, -0.2) is 35.2 Å². The molecule has 0 atom stereocenters. The van der Waals surface area contributed by atoms with Crippen LogP contribution in [0.15, 0.2) is 56.7 Å². The molecule has 1 aliphatic rings. The zero-order valence-corrected chi connectivity index (χ0v) is 18.1. The molecule has 30 heavy (non-hydrogen) atoms. The van der Waals surface area contributed by atoms with E-state index in [1.807, 2.05) is 0 Å². The largest absolute Gasteiger partial charge is 0.439 e. The fraction of sp³-hybridized carbons (Fsp3) is 0.150. The van der Waals surface area contributed by atoms with Gasteiger partial charge in [-0.1, -0.05) is 36.7 Å². The normalized spacial score (nSPS) is 16.2. The Labute approximate surface area is 181 Å². The van der Waals surface area contributed by atoms with Gasteiger partial charge in [0.1, 0.15) is 12.1 Å². The van der Waals surface area contributed by atoms with Crippen molar-refractivity contribution in [3.05, 3.63) is 63.8 Å². The molecule has 0 radical (unpaired) electrons. The van der Waals surface area contributed by atoms with E-state index in [-0.39, 0.29) is 28.0 Å². The van der Waals surface area contributed by atoms with Crippen molar-refractivity contribution in [2.75, 3.05) is 5.75 Å². The number of oxazole rings is 1. The third kappa shape index (κ3) is 3.88. The molecule has 0 aliphatic carbocycles. The minimum absolute atomic E-state index is 0.0300. The van der Waals surface area contributed by atoms with Crippen LogP contribution in [-0.2, 0) is 21.2 Å². The van der Waals surface area contributed by atoms with Crippen LogP contribution in [0.4, 0.5) is 4.79 Å². The Kier molecular flexibility index (Phi) is 5.44. The van der Waals surface area contributed by atoms with Crippen LogP contribution in [0, 0.1) is 0 Å². The van der Waals surface area contributed by atoms with Crippen molar-refractivity contribution < 1.29 is 22.4 Å². The van der Waals surface area contributed by atoms with Crippen LogP contribution in [0.25, 0.3) is 17.2 Å². The molecule has 1 saturated heterocycles. The Morgan fingerprint density at radius 1 is 1.20 bits per heavy atom. The molecule has 10 heteroatoms. The maximum absolute atomic E-state index is 12.7. The van der Waals surface area contributed by atoms with E-state index in [0.29, 0.717) is 21.7 Å². The number of benzene rings is 2. The second-order valence-corrected chi connectivity index (χ2v) is 10.1. The van der Waals surface area contributed by atoms with E-state index >= 15 is 0 Å². The lowest BCUT2D eigenvalue weighted by Crippen LogP contribution is -2.27. The van der Waals surface area contributed by atoms with Gasteiger partial charge in [0, 0.05) is 5.02 Å². The number of nitrogens with zero attached hydrogens (tertiary/aromatic N) is 2. The minimum atomic E-state index is -3.38. The molecule has 2 amide bonds. The first-order valence-electron chi connectivity index (χ1n) is 8.90. The minimum Gasteiger partial charge on any atom is -0.439 e. The van der Waals surface area contributed by atoms with Crippen LogP contribution in [0.1, 0.15) is 18.4 Å². The lowest BCUT2D eigenvalue weighted by molar-refractivity contribution is -0.123. The summed E-state index contributed by atoms with van der Waals surface area (Å²) in [6.45, 7) is 1.40. The number of rotatable bonds is 5. The van der Waals surface area contributed by atoms with Crippen molar-refractivity contribution in [3.63, 3.8) is 0 Å². The molecule has 0 bridgehead atoms. The summed E-state index contributed by atoms with van der Waals surface area (Å²) < 4.78 is 29.7. The smallest absolute Gasteiger partial charge is 0.294 e. The van der Waals surface area contributed by atoms with Gasteiger partial charge in [0.05, 0.1) is 15.6 Å². The van der Waals surface area contributed by atoms with Gasteiger partial charge in [0.25, 0.3) is 11.1 Å². The molecule has 1 aliphatic heterocycles. The molecule has 0 saturated carbocycles. The Morgan fingerprint density at radius 2 is 1.97 bits per heavy atom. The van der Waals surface area contributed by atoms with E-state index in [9.17, 15) is 18.0 Å². The van der Waals surface area contributed by atoms with Gasteiger partial charge in [-0.3, -0.25) is 14.5 Å². The molecule has 3 aromatic rings. The molecular weight excluding hydrogens is 448 g/mol. The van der Waals surface area contributed by atoms with Crippen molar-refractivity contribution in [2.24, 2.45) is 0 Å². The first kappa shape index (κ1) is 20.6. The third-order valence-electron chi connectivity index (χ3n) is 4.50. The first-order valence-corrected chi connectivity index (χ1v) is 11.8. The summed E-state index contributed by atoms with van der Waals surface area (Å²) in [6, 6.07) is 11.4. The maximum Gasteiger partial charge on any atom is 0.294 e. The first-order chi connectivity index (χ1) is 14.3. The van der Waals surface area contributed by atoms with Crippen LogP contribution in [0.5, 0.6) is 0 Å². The number of sulfone groups is 1. The van der Waals surface area contributed by atoms with Crippen LogP contribution in [0.3, 0.4) is 0 Å². The number of fused-ring (bicyclic) bond motifs is 1. The van der Waals surface area contributed by atoms with Gasteiger partial charge < -0.3 is 4.42 Å². The van der Waals surface area contributed by atoms with Crippen molar-refractivity contribution in [3.8, 4) is 0 Å². The summed E-state index contributed by atoms with van der Waals surface area (Å²) in [4.78, 5) is 30.7. The Hall–Kier alpha value is -2.62. The zero-order valence-electron chi connectivity index (χ0n) is 15.7. The Bertz CT molecular complexity index is 1310. The molecule has 154 valence electrons. The number of carbonyl (C=O) groups is 2. The van der Waals surface area contributed by atoms with Gasteiger partial charge in [-0.2, -0.15) is 0 Å². The Balaban J connectivity index is 1.60. The van der Waals surface area contributed by atoms with Gasteiger partial charge in [-0.15, -0.1) is 0 Å². The number of carbonyl (C=O) groups excluding carboxylic acids is 2. The van der Waals surface area contributed by atoms with E-state index in [1.54, 1.807) is 37.3 Å². The molecule has 0 spiro atoms. The third-order valence-corrected chi connectivity index (χ3v) is 7.49. The average Bonchev–Trinajstić information content (AvgIpc) is 3.24. The Morgan fingerprint density at radius 3 is 2.70 bits per heavy atom. The lowest BCUT2D eigenvalue weighted by atomic mass is 10.2. The predicted molar refractivity (Wildman–Crippen MR) is 115 cm³/mol. The second kappa shape index (κ2) is 7.90. The molecule has 7 nitrogen and oxygen atoms in total. The molecule has 1 aromatic heterocycles. The molecule has 0 N–H and O–H groups in total. The lowest BCUT2D eigenvalue weighted by Gasteiger charge is -2.08. The number of halogens is 1. The molecule has 1 fully saturated rings. The summed E-state index contributed by atoms with van der Waals surface area (Å²) >= 11 is 6.93. The number of hydrogen-bond acceptors (Lipinski definition) is 7. The summed E-state index contributed by atoms with van der Waals surface area (Å²) in [7, 11) is -3.38. The highest BCUT2D eigenvalue weighted by molar-refractivity contribution is 8.18. The SMILES string of the molecule is CCS(=O)(=O)c1ccc2oc(CN3C(=O)S/C(=C\c4ccccc4Cl)C3=O)nc2c1. The van der Waals surface area contributed by atoms with Crippen LogP contribution in [0.2, 0.25) is 5.02 Å². The van der Waals surface area contributed by atoms with Gasteiger partial charge in [-0.05, 0) is 47.7 Å². The highest BCUT2D eigenvalue weighted by atomic mass is 35.5. The number of aromatic nitrogens is 1. The number of imide groups is 1. The number of hydrogen-bond donors (Lipinski definition) is 0. The molecular formula is C20H15ClN2O5S2. The summed E-state index contributed by atoms with van der Waals surface area (Å²) in [5.74, 6) is -0.364. The monoisotopic (exact) mass is 462 g/mol. The van der Waals surface area contributed by atoms with Crippen molar-refractivity contribution in [1.82, 2.24) is 9.88 Å². The topological polar surface area (TPSA) is 97.5 Å². The van der Waals surface area contributed by atoms with Gasteiger partial charge in [0.15, 0.2) is 15.4 Å². The van der Waals surface area contributed by atoms with Crippen molar-refractivity contribution in [1.29, 1.82) is 0 Å². The standard InChI is InChI=1S/C20H15ClN2O5S2/c1-2-30(26,27)13-7-8-16-15(10-13)22-18(28-16)11-23-19(24)17(29-20(23)25)9-12-5-3-4-6-14(12)21/h3-10H,2,11H2,1H3/b17-9-. The van der Waals surface area contributed by atoms with Crippen LogP contribution < -0.4 is 0 Å². The fourth-order valence-electron chi connectivity index (χ4n) is 2.89. The second-order valence-electron chi connectivity index (χ2n) is 6.43. The van der Waals surface area contributed by atoms with E-state index < -0.39 is 21.0 Å². The van der Waals surface area contributed by atoms with Crippen molar-refractivity contribution in [2.45, 2.75) is 18.4 Å². The molecule has 2 heterocycles. The molecule has 0 unspecified atom stereocenters. The summed E-state index contributed by atoms with van der Waals surface area (Å²) in [5.41, 5.74) is 1.35. The van der Waals surface area contributed by atoms with Gasteiger partial charge in [-0.25, -0.2) is 13.4 Å². The van der Waals surface area contributed by atoms with Gasteiger partial charge in [0.2, 0.25) is 5.89 Å². The highest BCUT2D eigenvalue weighted by Crippen LogP contribution is 2.34. The average molecular weight is 463 g/mol. The molecule has 4 rings (SSSR count). The number of thioether (sulfide) groups is 1. The van der Waals surface area contributed by atoms with Crippen molar-refractivity contribution >= 4 is 61.5 Å². The molecule has 2 aromatic carbocycles. The van der Waals surface area contributed by atoms with E-state index in [4.69, 9.17) is 16.0 Å². The predicted octanol–water partition coefficient (Wildman–Crippen LogP) is 4.51. The summed E-state index contributed by atoms with van der Waals surface area (Å²) in [5, 5.41) is 0.0240. The van der Waals surface area contributed by atoms with Gasteiger partial charge >= 0.3 is 0 Å². The van der Waals surface area contributed by atoms with E-state index in [1.165, 1.54) is 18.2 Å². The highest BCUT2D eigenvalue weighted by Gasteiger charge is 2.36.